The minimum absolute atomic E-state index is 0.242. The van der Waals surface area contributed by atoms with Crippen LogP contribution < -0.4 is 5.73 Å². The van der Waals surface area contributed by atoms with Gasteiger partial charge < -0.3 is 5.73 Å². The second-order valence-electron chi connectivity index (χ2n) is 0.964. The van der Waals surface area contributed by atoms with Crippen LogP contribution >= 0.6 is 15.9 Å². The van der Waals surface area contributed by atoms with E-state index < -0.39 is 0 Å². The third-order valence-corrected chi connectivity index (χ3v) is 0.760. The van der Waals surface area contributed by atoms with Gasteiger partial charge in [0.15, 0.2) is 0 Å². The summed E-state index contributed by atoms with van der Waals surface area (Å²) in [5.41, 5.74) is 4.96. The van der Waals surface area contributed by atoms with Gasteiger partial charge >= 0.3 is 0 Å². The van der Waals surface area contributed by atoms with Crippen LogP contribution in [-0.4, -0.2) is 11.2 Å². The predicted octanol–water partition coefficient (Wildman–Crippen LogP) is 0.707. The van der Waals surface area contributed by atoms with Crippen LogP contribution in [0.2, 0.25) is 0 Å². The van der Waals surface area contributed by atoms with Gasteiger partial charge in [-0.05, 0) is 0 Å². The second kappa shape index (κ2) is 3.15. The van der Waals surface area contributed by atoms with Gasteiger partial charge in [-0.15, -0.1) is 0 Å². The van der Waals surface area contributed by atoms with E-state index in [1.54, 1.807) is 0 Å². The molecule has 0 rings (SSSR count). The highest BCUT2D eigenvalue weighted by atomic mass is 79.9. The predicted molar refractivity (Wildman–Crippen MR) is 30.3 cm³/mol. The fourth-order valence-corrected chi connectivity index (χ4v) is 0.529. The molecule has 0 atom stereocenters. The van der Waals surface area contributed by atoms with Crippen LogP contribution in [0.25, 0.3) is 0 Å². The number of hydrogen-bond acceptors (Lipinski definition) is 1. The van der Waals surface area contributed by atoms with Gasteiger partial charge in [0.05, 0.1) is 5.84 Å². The molecule has 0 aliphatic heterocycles. The number of amidine groups is 1. The quantitative estimate of drug-likeness (QED) is 0.340. The number of rotatable bonds is 2. The molecule has 0 heterocycles. The van der Waals surface area contributed by atoms with Crippen molar-refractivity contribution in [3.8, 4) is 0 Å². The van der Waals surface area contributed by atoms with E-state index in [-0.39, 0.29) is 5.84 Å². The van der Waals surface area contributed by atoms with Gasteiger partial charge in [0.25, 0.3) is 0 Å². The summed E-state index contributed by atoms with van der Waals surface area (Å²) in [6.45, 7) is 0. The Morgan fingerprint density at radius 1 is 1.83 bits per heavy atom. The average Bonchev–Trinajstić information content (AvgIpc) is 1.35. The monoisotopic (exact) mass is 150 g/mol. The molecule has 36 valence electrons. The van der Waals surface area contributed by atoms with E-state index >= 15 is 0 Å². The van der Waals surface area contributed by atoms with Crippen molar-refractivity contribution in [2.75, 3.05) is 5.33 Å². The van der Waals surface area contributed by atoms with E-state index in [4.69, 9.17) is 11.1 Å². The minimum atomic E-state index is 0.242. The standard InChI is InChI=1S/C3H7BrN2/c4-2-1-3(5)6/h1-2H2,(H3,5,6). The first-order chi connectivity index (χ1) is 2.77. The molecule has 0 saturated carbocycles. The molecule has 0 unspecified atom stereocenters. The van der Waals surface area contributed by atoms with Gasteiger partial charge in [-0.3, -0.25) is 5.41 Å². The van der Waals surface area contributed by atoms with E-state index in [9.17, 15) is 0 Å². The van der Waals surface area contributed by atoms with Crippen LogP contribution in [0.3, 0.4) is 0 Å². The van der Waals surface area contributed by atoms with Gasteiger partial charge in [-0.2, -0.15) is 0 Å². The Bertz CT molecular complexity index is 52.8. The molecule has 0 amide bonds. The zero-order valence-corrected chi connectivity index (χ0v) is 4.96. The number of nitrogens with two attached hydrogens (primary N) is 1. The van der Waals surface area contributed by atoms with E-state index in [0.29, 0.717) is 6.42 Å². The SMILES string of the molecule is N=C(N)CCBr. The molecule has 0 aromatic heterocycles. The van der Waals surface area contributed by atoms with Crippen molar-refractivity contribution < 1.29 is 0 Å². The van der Waals surface area contributed by atoms with Gasteiger partial charge in [0.1, 0.15) is 0 Å². The van der Waals surface area contributed by atoms with Crippen molar-refractivity contribution in [1.29, 1.82) is 5.41 Å². The van der Waals surface area contributed by atoms with E-state index in [0.717, 1.165) is 5.33 Å². The van der Waals surface area contributed by atoms with Gasteiger partial charge in [-0.1, -0.05) is 15.9 Å². The summed E-state index contributed by atoms with van der Waals surface area (Å²) in [5, 5.41) is 7.44. The van der Waals surface area contributed by atoms with Crippen LogP contribution in [0.4, 0.5) is 0 Å². The lowest BCUT2D eigenvalue weighted by Crippen LogP contribution is -2.08. The Kier molecular flexibility index (Phi) is 3.13. The highest BCUT2D eigenvalue weighted by molar-refractivity contribution is 9.09. The van der Waals surface area contributed by atoms with Crippen LogP contribution in [0.1, 0.15) is 6.42 Å². The third kappa shape index (κ3) is 3.95. The second-order valence-corrected chi connectivity index (χ2v) is 1.76. The topological polar surface area (TPSA) is 49.9 Å². The molecule has 0 fully saturated rings. The Labute approximate surface area is 45.4 Å². The maximum absolute atomic E-state index is 6.64. The van der Waals surface area contributed by atoms with Crippen LogP contribution in [0.5, 0.6) is 0 Å². The normalized spacial score (nSPS) is 8.17. The molecule has 0 aliphatic carbocycles. The molecule has 0 aromatic carbocycles. The van der Waals surface area contributed by atoms with Gasteiger partial charge in [0, 0.05) is 11.8 Å². The molecule has 3 heteroatoms. The lowest BCUT2D eigenvalue weighted by molar-refractivity contribution is 1.24. The number of halogens is 1. The molecule has 0 aliphatic rings. The Hall–Kier alpha value is -0.0500. The summed E-state index contributed by atoms with van der Waals surface area (Å²) < 4.78 is 0. The van der Waals surface area contributed by atoms with Crippen molar-refractivity contribution in [2.45, 2.75) is 6.42 Å². The molecule has 0 saturated heterocycles. The summed E-state index contributed by atoms with van der Waals surface area (Å²) >= 11 is 3.13. The maximum Gasteiger partial charge on any atom is 0.0913 e. The molecule has 0 spiro atoms. The first-order valence-electron chi connectivity index (χ1n) is 1.66. The van der Waals surface area contributed by atoms with Crippen LogP contribution in [0, 0.1) is 5.41 Å². The van der Waals surface area contributed by atoms with Crippen molar-refractivity contribution in [1.82, 2.24) is 0 Å². The summed E-state index contributed by atoms with van der Waals surface area (Å²) in [6.07, 6.45) is 0.653. The largest absolute Gasteiger partial charge is 0.388 e. The molecule has 2 nitrogen and oxygen atoms in total. The van der Waals surface area contributed by atoms with Crippen molar-refractivity contribution in [3.63, 3.8) is 0 Å². The highest BCUT2D eigenvalue weighted by Gasteiger charge is 1.80. The molecule has 6 heavy (non-hydrogen) atoms. The Morgan fingerprint density at radius 3 is 2.33 bits per heavy atom. The molecule has 0 aromatic rings. The first kappa shape index (κ1) is 5.95. The van der Waals surface area contributed by atoms with Crippen molar-refractivity contribution in [2.24, 2.45) is 5.73 Å². The van der Waals surface area contributed by atoms with Crippen LogP contribution in [-0.2, 0) is 0 Å². The van der Waals surface area contributed by atoms with E-state index in [1.165, 1.54) is 0 Å². The minimum Gasteiger partial charge on any atom is -0.388 e. The highest BCUT2D eigenvalue weighted by Crippen LogP contribution is 1.83. The summed E-state index contributed by atoms with van der Waals surface area (Å²) in [4.78, 5) is 0. The lowest BCUT2D eigenvalue weighted by Gasteiger charge is -1.84. The van der Waals surface area contributed by atoms with Crippen molar-refractivity contribution in [3.05, 3.63) is 0 Å². The smallest absolute Gasteiger partial charge is 0.0913 e. The Balaban J connectivity index is 2.83. The number of nitrogens with one attached hydrogen (secondary N) is 1. The maximum atomic E-state index is 6.64. The zero-order valence-electron chi connectivity index (χ0n) is 3.37. The van der Waals surface area contributed by atoms with E-state index in [2.05, 4.69) is 15.9 Å². The molecule has 0 radical (unpaired) electrons. The zero-order chi connectivity index (χ0) is 4.99. The number of alkyl halides is 1. The average molecular weight is 151 g/mol. The van der Waals surface area contributed by atoms with Gasteiger partial charge in [-0.25, -0.2) is 0 Å². The fourth-order valence-electron chi connectivity index (χ4n) is 0.102. The first-order valence-corrected chi connectivity index (χ1v) is 2.78. The third-order valence-electron chi connectivity index (χ3n) is 0.364. The fraction of sp³-hybridized carbons (Fsp3) is 0.667. The van der Waals surface area contributed by atoms with Crippen molar-refractivity contribution >= 4 is 21.8 Å². The Morgan fingerprint density at radius 2 is 2.33 bits per heavy atom. The lowest BCUT2D eigenvalue weighted by atomic mass is 10.5. The van der Waals surface area contributed by atoms with Crippen LogP contribution in [0.15, 0.2) is 0 Å². The summed E-state index contributed by atoms with van der Waals surface area (Å²) in [6, 6.07) is 0. The molecular weight excluding hydrogens is 144 g/mol. The summed E-state index contributed by atoms with van der Waals surface area (Å²) in [7, 11) is 0. The number of hydrogen-bond donors (Lipinski definition) is 2. The molecule has 0 bridgehead atoms. The van der Waals surface area contributed by atoms with Gasteiger partial charge in [0.2, 0.25) is 0 Å². The molecular formula is C3H7BrN2. The van der Waals surface area contributed by atoms with E-state index in [1.807, 2.05) is 0 Å². The molecule has 3 N–H and O–H groups in total. The summed E-state index contributed by atoms with van der Waals surface area (Å²) in [5.74, 6) is 0.242.